The molecule has 0 radical (unpaired) electrons. The molecule has 0 aromatic rings. The number of hydrogen-bond donors (Lipinski definition) is 4. The number of nitrogens with two attached hydrogens (primary N) is 1. The Morgan fingerprint density at radius 3 is 1.68 bits per heavy atom. The lowest BCUT2D eigenvalue weighted by Crippen LogP contribution is -2.46. The van der Waals surface area contributed by atoms with Gasteiger partial charge in [-0.2, -0.15) is 0 Å². The van der Waals surface area contributed by atoms with E-state index in [2.05, 4.69) is 79.9 Å². The highest BCUT2D eigenvalue weighted by Crippen LogP contribution is 2.43. The summed E-state index contributed by atoms with van der Waals surface area (Å²) in [7, 11) is -4.33. The summed E-state index contributed by atoms with van der Waals surface area (Å²) >= 11 is 0. The molecule has 0 spiro atoms. The number of nitrogens with one attached hydrogen (secondary N) is 1. The van der Waals surface area contributed by atoms with Crippen molar-refractivity contribution in [1.29, 1.82) is 0 Å². The van der Waals surface area contributed by atoms with Crippen LogP contribution in [0.1, 0.15) is 129 Å². The highest BCUT2D eigenvalue weighted by molar-refractivity contribution is 7.47. The highest BCUT2D eigenvalue weighted by Gasteiger charge is 2.27. The monoisotopic (exact) mass is 678 g/mol. The molecule has 0 bridgehead atoms. The quantitative estimate of drug-likeness (QED) is 0.0317. The normalized spacial score (nSPS) is 15.3. The van der Waals surface area contributed by atoms with Crippen molar-refractivity contribution in [2.75, 3.05) is 19.8 Å². The minimum Gasteiger partial charge on any atom is -0.391 e. The molecular weight excluding hydrogens is 611 g/mol. The predicted molar refractivity (Wildman–Crippen MR) is 198 cm³/mol. The fourth-order valence-corrected chi connectivity index (χ4v) is 5.39. The zero-order valence-corrected chi connectivity index (χ0v) is 30.4. The number of aliphatic hydroxyl groups is 1. The molecule has 0 rings (SSSR count). The Morgan fingerprint density at radius 2 is 1.19 bits per heavy atom. The molecule has 0 aromatic carbocycles. The number of rotatable bonds is 32. The van der Waals surface area contributed by atoms with Gasteiger partial charge in [-0.15, -0.1) is 0 Å². The van der Waals surface area contributed by atoms with Crippen molar-refractivity contribution < 1.29 is 28.4 Å². The summed E-state index contributed by atoms with van der Waals surface area (Å²) in [5.74, 6) is -0.250. The number of aliphatic hydroxyl groups excluding tert-OH is 1. The Bertz CT molecular complexity index is 960. The van der Waals surface area contributed by atoms with Crippen LogP contribution in [0.3, 0.4) is 0 Å². The van der Waals surface area contributed by atoms with Crippen LogP contribution >= 0.6 is 7.82 Å². The van der Waals surface area contributed by atoms with Gasteiger partial charge in [-0.25, -0.2) is 4.57 Å². The molecule has 1 amide bonds. The number of amides is 1. The lowest BCUT2D eigenvalue weighted by atomic mass is 10.0. The molecule has 47 heavy (non-hydrogen) atoms. The fourth-order valence-electron chi connectivity index (χ4n) is 4.63. The molecule has 0 aromatic heterocycles. The van der Waals surface area contributed by atoms with Gasteiger partial charge in [0, 0.05) is 13.0 Å². The van der Waals surface area contributed by atoms with E-state index in [1.807, 2.05) is 12.2 Å². The summed E-state index contributed by atoms with van der Waals surface area (Å²) in [4.78, 5) is 22.5. The van der Waals surface area contributed by atoms with Gasteiger partial charge in [-0.3, -0.25) is 13.8 Å². The van der Waals surface area contributed by atoms with Crippen LogP contribution < -0.4 is 11.1 Å². The second kappa shape index (κ2) is 33.8. The number of carbonyl (C=O) groups excluding carboxylic acids is 1. The second-order valence-electron chi connectivity index (χ2n) is 11.7. The summed E-state index contributed by atoms with van der Waals surface area (Å²) in [6.45, 7) is 3.97. The smallest absolute Gasteiger partial charge is 0.391 e. The van der Waals surface area contributed by atoms with Gasteiger partial charge in [0.2, 0.25) is 5.91 Å². The van der Waals surface area contributed by atoms with Crippen LogP contribution in [0.5, 0.6) is 0 Å². The van der Waals surface area contributed by atoms with E-state index in [9.17, 15) is 19.4 Å². The zero-order chi connectivity index (χ0) is 34.7. The third kappa shape index (κ3) is 32.3. The van der Waals surface area contributed by atoms with Gasteiger partial charge in [0.1, 0.15) is 0 Å². The Balaban J connectivity index is 4.40. The van der Waals surface area contributed by atoms with Crippen molar-refractivity contribution in [2.24, 2.45) is 5.73 Å². The van der Waals surface area contributed by atoms with Gasteiger partial charge < -0.3 is 21.1 Å². The second-order valence-corrected chi connectivity index (χ2v) is 13.2. The van der Waals surface area contributed by atoms with Gasteiger partial charge in [-0.05, 0) is 51.4 Å². The minimum atomic E-state index is -4.33. The van der Waals surface area contributed by atoms with E-state index in [-0.39, 0.29) is 32.1 Å². The lowest BCUT2D eigenvalue weighted by molar-refractivity contribution is -0.123. The first kappa shape index (κ1) is 44.9. The molecule has 0 saturated heterocycles. The van der Waals surface area contributed by atoms with Gasteiger partial charge in [0.25, 0.3) is 0 Å². The maximum Gasteiger partial charge on any atom is 0.472 e. The van der Waals surface area contributed by atoms with Crippen LogP contribution in [-0.2, 0) is 18.4 Å². The summed E-state index contributed by atoms with van der Waals surface area (Å²) in [6, 6.07) is -0.816. The summed E-state index contributed by atoms with van der Waals surface area (Å²) in [5.41, 5.74) is 5.34. The van der Waals surface area contributed by atoms with Crippen molar-refractivity contribution in [3.8, 4) is 0 Å². The molecule has 0 heterocycles. The lowest BCUT2D eigenvalue weighted by Gasteiger charge is -2.25. The number of carbonyl (C=O) groups is 1. The van der Waals surface area contributed by atoms with Crippen LogP contribution in [0.25, 0.3) is 0 Å². The molecule has 270 valence electrons. The first-order valence-electron chi connectivity index (χ1n) is 18.1. The minimum absolute atomic E-state index is 0.0733. The topological polar surface area (TPSA) is 131 Å². The van der Waals surface area contributed by atoms with Crippen LogP contribution in [0.4, 0.5) is 0 Å². The molecular formula is C38H67N2O6P. The van der Waals surface area contributed by atoms with E-state index < -0.39 is 20.0 Å². The number of unbranched alkanes of at least 4 members (excludes halogenated alkanes) is 8. The number of allylic oxidation sites excluding steroid dienone is 12. The maximum absolute atomic E-state index is 12.6. The van der Waals surface area contributed by atoms with Crippen molar-refractivity contribution in [3.63, 3.8) is 0 Å². The largest absolute Gasteiger partial charge is 0.472 e. The van der Waals surface area contributed by atoms with Crippen molar-refractivity contribution in [3.05, 3.63) is 72.9 Å². The van der Waals surface area contributed by atoms with E-state index in [1.54, 1.807) is 0 Å². The summed E-state index contributed by atoms with van der Waals surface area (Å²) < 4.78 is 22.0. The Labute approximate surface area is 287 Å². The van der Waals surface area contributed by atoms with Crippen LogP contribution in [0.15, 0.2) is 72.9 Å². The molecule has 0 aliphatic rings. The van der Waals surface area contributed by atoms with Crippen molar-refractivity contribution >= 4 is 13.7 Å². The SMILES string of the molecule is CC/C=C\C/C=C\C/C=C\C/C=C\C/C=C\C/C=C\CCC(=O)NC(COP(=O)(O)OCCN)C(O)CCCCCCCCCCC. The van der Waals surface area contributed by atoms with E-state index in [4.69, 9.17) is 14.8 Å². The van der Waals surface area contributed by atoms with E-state index in [0.717, 1.165) is 57.8 Å². The average molecular weight is 679 g/mol. The Kier molecular flexibility index (Phi) is 32.3. The molecule has 3 atom stereocenters. The van der Waals surface area contributed by atoms with E-state index in [0.29, 0.717) is 12.8 Å². The van der Waals surface area contributed by atoms with Crippen LogP contribution in [0, 0.1) is 0 Å². The first-order chi connectivity index (χ1) is 22.9. The van der Waals surface area contributed by atoms with E-state index >= 15 is 0 Å². The number of phosphoric ester groups is 1. The fraction of sp³-hybridized carbons (Fsp3) is 0.658. The van der Waals surface area contributed by atoms with Gasteiger partial charge in [0.15, 0.2) is 0 Å². The maximum atomic E-state index is 12.6. The third-order valence-electron chi connectivity index (χ3n) is 7.34. The van der Waals surface area contributed by atoms with Gasteiger partial charge in [-0.1, -0.05) is 145 Å². The molecule has 8 nitrogen and oxygen atoms in total. The van der Waals surface area contributed by atoms with Gasteiger partial charge in [0.05, 0.1) is 25.4 Å². The molecule has 0 saturated carbocycles. The highest BCUT2D eigenvalue weighted by atomic mass is 31.2. The average Bonchev–Trinajstić information content (AvgIpc) is 3.05. The first-order valence-corrected chi connectivity index (χ1v) is 19.5. The summed E-state index contributed by atoms with van der Waals surface area (Å²) in [5, 5.41) is 13.6. The standard InChI is InChI=1S/C38H67N2O6P/c1-3-5-7-9-11-13-14-15-16-17-18-19-20-21-22-24-26-28-30-32-38(42)40-36(35-46-47(43,44)45-34-33-39)37(41)31-29-27-25-23-12-10-8-6-4-2/h5,7,11,13,15-16,18-19,21-22,26,28,36-37,41H,3-4,6,8-10,12,14,17,20,23-25,27,29-35,39H2,1-2H3,(H,40,42)(H,43,44)/b7-5-,13-11-,16-15-,19-18-,22-21-,28-26-. The molecule has 0 aliphatic heterocycles. The Morgan fingerprint density at radius 1 is 0.723 bits per heavy atom. The number of hydrogen-bond acceptors (Lipinski definition) is 6. The number of phosphoric acid groups is 1. The zero-order valence-electron chi connectivity index (χ0n) is 29.5. The van der Waals surface area contributed by atoms with Crippen LogP contribution in [-0.4, -0.2) is 47.8 Å². The molecule has 9 heteroatoms. The van der Waals surface area contributed by atoms with Gasteiger partial charge >= 0.3 is 7.82 Å². The molecule has 5 N–H and O–H groups in total. The van der Waals surface area contributed by atoms with Crippen molar-refractivity contribution in [2.45, 2.75) is 142 Å². The molecule has 0 aliphatic carbocycles. The molecule has 3 unspecified atom stereocenters. The molecule has 0 fully saturated rings. The predicted octanol–water partition coefficient (Wildman–Crippen LogP) is 9.32. The van der Waals surface area contributed by atoms with Crippen LogP contribution in [0.2, 0.25) is 0 Å². The third-order valence-corrected chi connectivity index (χ3v) is 8.32. The van der Waals surface area contributed by atoms with Crippen molar-refractivity contribution in [1.82, 2.24) is 5.32 Å². The van der Waals surface area contributed by atoms with E-state index in [1.165, 1.54) is 38.5 Å². The summed E-state index contributed by atoms with van der Waals surface area (Å²) in [6.07, 6.45) is 42.1. The Hall–Kier alpha value is -2.06.